The largest absolute Gasteiger partial charge is 0.384 e. The molecule has 0 saturated carbocycles. The molecule has 0 spiro atoms. The van der Waals surface area contributed by atoms with E-state index in [1.807, 2.05) is 0 Å². The molecular formula is C10H9FN4. The molecule has 0 bridgehead atoms. The van der Waals surface area contributed by atoms with Gasteiger partial charge in [-0.3, -0.25) is 0 Å². The molecular weight excluding hydrogens is 195 g/mol. The monoisotopic (exact) mass is 204 g/mol. The summed E-state index contributed by atoms with van der Waals surface area (Å²) in [6, 6.07) is 6.41. The number of aromatic nitrogens is 2. The molecule has 2 aromatic rings. The van der Waals surface area contributed by atoms with Crippen LogP contribution in [0.15, 0.2) is 30.5 Å². The van der Waals surface area contributed by atoms with E-state index in [1.165, 1.54) is 6.20 Å². The lowest BCUT2D eigenvalue weighted by Crippen LogP contribution is -1.99. The van der Waals surface area contributed by atoms with E-state index < -0.39 is 5.95 Å². The summed E-state index contributed by atoms with van der Waals surface area (Å²) < 4.78 is 13.3. The number of pyridine rings is 2. The summed E-state index contributed by atoms with van der Waals surface area (Å²) in [5.41, 5.74) is 11.9. The van der Waals surface area contributed by atoms with Gasteiger partial charge in [0.25, 0.3) is 0 Å². The van der Waals surface area contributed by atoms with E-state index in [-0.39, 0.29) is 5.82 Å². The Morgan fingerprint density at radius 3 is 2.53 bits per heavy atom. The molecule has 0 atom stereocenters. The molecule has 0 aliphatic rings. The zero-order valence-electron chi connectivity index (χ0n) is 7.81. The number of hydrogen-bond acceptors (Lipinski definition) is 4. The average molecular weight is 204 g/mol. The van der Waals surface area contributed by atoms with Crippen LogP contribution in [0.1, 0.15) is 0 Å². The molecule has 2 aromatic heterocycles. The van der Waals surface area contributed by atoms with Crippen LogP contribution < -0.4 is 11.5 Å². The highest BCUT2D eigenvalue weighted by Gasteiger charge is 2.09. The van der Waals surface area contributed by atoms with Gasteiger partial charge in [-0.25, -0.2) is 9.97 Å². The quantitative estimate of drug-likeness (QED) is 0.689. The lowest BCUT2D eigenvalue weighted by molar-refractivity contribution is 0.587. The Morgan fingerprint density at radius 1 is 1.07 bits per heavy atom. The Hall–Kier alpha value is -2.17. The highest BCUT2D eigenvalue weighted by molar-refractivity contribution is 5.74. The predicted molar refractivity (Wildman–Crippen MR) is 56.3 cm³/mol. The van der Waals surface area contributed by atoms with E-state index in [0.29, 0.717) is 16.9 Å². The van der Waals surface area contributed by atoms with E-state index in [2.05, 4.69) is 9.97 Å². The molecule has 0 aliphatic carbocycles. The van der Waals surface area contributed by atoms with Crippen LogP contribution in [0.4, 0.5) is 16.0 Å². The molecule has 0 aromatic carbocycles. The first kappa shape index (κ1) is 9.39. The minimum Gasteiger partial charge on any atom is -0.384 e. The predicted octanol–water partition coefficient (Wildman–Crippen LogP) is 1.45. The van der Waals surface area contributed by atoms with Gasteiger partial charge in [-0.1, -0.05) is 0 Å². The summed E-state index contributed by atoms with van der Waals surface area (Å²) >= 11 is 0. The Balaban J connectivity index is 2.60. The van der Waals surface area contributed by atoms with Crippen molar-refractivity contribution in [3.8, 4) is 11.1 Å². The SMILES string of the molecule is Nc1ccc(-c2cccnc2F)c(N)n1. The topological polar surface area (TPSA) is 77.8 Å². The second-order valence-electron chi connectivity index (χ2n) is 3.01. The molecule has 5 heteroatoms. The Kier molecular flexibility index (Phi) is 2.21. The number of nitrogens with zero attached hydrogens (tertiary/aromatic N) is 2. The highest BCUT2D eigenvalue weighted by atomic mass is 19.1. The number of anilines is 2. The van der Waals surface area contributed by atoms with Gasteiger partial charge in [0, 0.05) is 17.3 Å². The van der Waals surface area contributed by atoms with Crippen molar-refractivity contribution in [2.75, 3.05) is 11.5 Å². The first-order chi connectivity index (χ1) is 7.18. The Labute approximate surface area is 85.8 Å². The Bertz CT molecular complexity index is 499. The second kappa shape index (κ2) is 3.53. The van der Waals surface area contributed by atoms with Crippen LogP contribution in [0, 0.1) is 5.95 Å². The van der Waals surface area contributed by atoms with Gasteiger partial charge in [-0.2, -0.15) is 4.39 Å². The van der Waals surface area contributed by atoms with Crippen molar-refractivity contribution in [2.24, 2.45) is 0 Å². The molecule has 0 fully saturated rings. The van der Waals surface area contributed by atoms with Crippen LogP contribution in [0.25, 0.3) is 11.1 Å². The minimum absolute atomic E-state index is 0.196. The molecule has 0 radical (unpaired) electrons. The highest BCUT2D eigenvalue weighted by Crippen LogP contribution is 2.26. The van der Waals surface area contributed by atoms with Crippen molar-refractivity contribution in [1.82, 2.24) is 9.97 Å². The van der Waals surface area contributed by atoms with E-state index in [4.69, 9.17) is 11.5 Å². The fraction of sp³-hybridized carbons (Fsp3) is 0. The fourth-order valence-electron chi connectivity index (χ4n) is 1.31. The summed E-state index contributed by atoms with van der Waals surface area (Å²) in [5, 5.41) is 0. The lowest BCUT2D eigenvalue weighted by Gasteiger charge is -2.05. The molecule has 15 heavy (non-hydrogen) atoms. The van der Waals surface area contributed by atoms with Crippen LogP contribution in [-0.2, 0) is 0 Å². The molecule has 4 N–H and O–H groups in total. The van der Waals surface area contributed by atoms with Crippen molar-refractivity contribution >= 4 is 11.6 Å². The van der Waals surface area contributed by atoms with E-state index >= 15 is 0 Å². The maximum absolute atomic E-state index is 13.3. The van der Waals surface area contributed by atoms with Crippen molar-refractivity contribution in [2.45, 2.75) is 0 Å². The van der Waals surface area contributed by atoms with Gasteiger partial charge < -0.3 is 11.5 Å². The second-order valence-corrected chi connectivity index (χ2v) is 3.01. The van der Waals surface area contributed by atoms with Gasteiger partial charge in [-0.05, 0) is 24.3 Å². The van der Waals surface area contributed by atoms with Gasteiger partial charge in [0.2, 0.25) is 5.95 Å². The van der Waals surface area contributed by atoms with Crippen molar-refractivity contribution < 1.29 is 4.39 Å². The normalized spacial score (nSPS) is 10.2. The van der Waals surface area contributed by atoms with Crippen molar-refractivity contribution in [1.29, 1.82) is 0 Å². The van der Waals surface area contributed by atoms with Crippen LogP contribution >= 0.6 is 0 Å². The third-order valence-electron chi connectivity index (χ3n) is 2.00. The molecule has 4 nitrogen and oxygen atoms in total. The average Bonchev–Trinajstić information content (AvgIpc) is 2.20. The smallest absolute Gasteiger partial charge is 0.220 e. The third kappa shape index (κ3) is 1.71. The standard InChI is InChI=1S/C10H9FN4/c11-9-6(2-1-5-14-9)7-3-4-8(12)15-10(7)13/h1-5H,(H4,12,13,15). The van der Waals surface area contributed by atoms with Gasteiger partial charge >= 0.3 is 0 Å². The summed E-state index contributed by atoms with van der Waals surface area (Å²) in [6.07, 6.45) is 1.37. The number of halogens is 1. The Morgan fingerprint density at radius 2 is 1.87 bits per heavy atom. The summed E-state index contributed by atoms with van der Waals surface area (Å²) in [7, 11) is 0. The first-order valence-electron chi connectivity index (χ1n) is 4.31. The molecule has 0 saturated heterocycles. The summed E-state index contributed by atoms with van der Waals surface area (Å²) in [5.74, 6) is -0.0711. The van der Waals surface area contributed by atoms with Crippen LogP contribution in [-0.4, -0.2) is 9.97 Å². The minimum atomic E-state index is -0.573. The third-order valence-corrected chi connectivity index (χ3v) is 2.00. The summed E-state index contributed by atoms with van der Waals surface area (Å²) in [6.45, 7) is 0. The maximum atomic E-state index is 13.3. The van der Waals surface area contributed by atoms with Gasteiger partial charge in [-0.15, -0.1) is 0 Å². The van der Waals surface area contributed by atoms with Crippen molar-refractivity contribution in [3.05, 3.63) is 36.4 Å². The number of hydrogen-bond donors (Lipinski definition) is 2. The van der Waals surface area contributed by atoms with Gasteiger partial charge in [0.15, 0.2) is 0 Å². The zero-order chi connectivity index (χ0) is 10.8. The van der Waals surface area contributed by atoms with E-state index in [1.54, 1.807) is 24.3 Å². The zero-order valence-corrected chi connectivity index (χ0v) is 7.81. The lowest BCUT2D eigenvalue weighted by atomic mass is 10.1. The number of nitrogen functional groups attached to an aromatic ring is 2. The van der Waals surface area contributed by atoms with Crippen LogP contribution in [0.3, 0.4) is 0 Å². The molecule has 2 rings (SSSR count). The molecule has 0 amide bonds. The van der Waals surface area contributed by atoms with E-state index in [9.17, 15) is 4.39 Å². The number of nitrogens with two attached hydrogens (primary N) is 2. The maximum Gasteiger partial charge on any atom is 0.220 e. The molecule has 76 valence electrons. The van der Waals surface area contributed by atoms with E-state index in [0.717, 1.165) is 0 Å². The number of rotatable bonds is 1. The van der Waals surface area contributed by atoms with Crippen LogP contribution in [0.2, 0.25) is 0 Å². The molecule has 0 aliphatic heterocycles. The first-order valence-corrected chi connectivity index (χ1v) is 4.31. The van der Waals surface area contributed by atoms with Crippen LogP contribution in [0.5, 0.6) is 0 Å². The van der Waals surface area contributed by atoms with Gasteiger partial charge in [0.1, 0.15) is 11.6 Å². The van der Waals surface area contributed by atoms with Crippen molar-refractivity contribution in [3.63, 3.8) is 0 Å². The van der Waals surface area contributed by atoms with Gasteiger partial charge in [0.05, 0.1) is 0 Å². The summed E-state index contributed by atoms with van der Waals surface area (Å²) in [4.78, 5) is 7.39. The molecule has 2 heterocycles. The molecule has 0 unspecified atom stereocenters. The fourth-order valence-corrected chi connectivity index (χ4v) is 1.31.